The molecule has 9 nitrogen and oxygen atoms in total. The molecule has 0 bridgehead atoms. The average molecular weight is 530 g/mol. The molecule has 0 atom stereocenters. The van der Waals surface area contributed by atoms with E-state index < -0.39 is 0 Å². The molecule has 2 aromatic rings. The van der Waals surface area contributed by atoms with Gasteiger partial charge >= 0.3 is 0 Å². The molecule has 166 valence electrons. The summed E-state index contributed by atoms with van der Waals surface area (Å²) in [5.41, 5.74) is 0.677. The first-order chi connectivity index (χ1) is 14.3. The first-order valence-electron chi connectivity index (χ1n) is 10.2. The first kappa shape index (κ1) is 24.5. The summed E-state index contributed by atoms with van der Waals surface area (Å²) < 4.78 is 16.4. The molecule has 3 rings (SSSR count). The maximum Gasteiger partial charge on any atom is 0.276 e. The Kier molecular flexibility index (Phi) is 11.6. The van der Waals surface area contributed by atoms with Gasteiger partial charge in [0, 0.05) is 59.2 Å². The Balaban J connectivity index is 0.00000320. The quantitative estimate of drug-likeness (QED) is 0.209. The third-order valence-electron chi connectivity index (χ3n) is 4.67. The predicted octanol–water partition coefficient (Wildman–Crippen LogP) is 2.29. The van der Waals surface area contributed by atoms with Crippen molar-refractivity contribution in [3.05, 3.63) is 30.2 Å². The molecular formula is C20H31IN6O3. The summed E-state index contributed by atoms with van der Waals surface area (Å²) in [6, 6.07) is 5.58. The third-order valence-corrected chi connectivity index (χ3v) is 4.67. The van der Waals surface area contributed by atoms with E-state index in [2.05, 4.69) is 30.8 Å². The second-order valence-corrected chi connectivity index (χ2v) is 6.89. The zero-order valence-electron chi connectivity index (χ0n) is 17.4. The summed E-state index contributed by atoms with van der Waals surface area (Å²) in [5.74, 6) is 2.47. The lowest BCUT2D eigenvalue weighted by Gasteiger charge is -2.21. The minimum atomic E-state index is 0. The summed E-state index contributed by atoms with van der Waals surface area (Å²) in [6.07, 6.45) is 5.48. The molecule has 1 fully saturated rings. The number of rotatable bonds is 10. The number of nitrogens with zero attached hydrogens (tertiary/aromatic N) is 4. The van der Waals surface area contributed by atoms with Gasteiger partial charge in [-0.1, -0.05) is 11.2 Å². The van der Waals surface area contributed by atoms with Crippen molar-refractivity contribution in [1.82, 2.24) is 25.8 Å². The summed E-state index contributed by atoms with van der Waals surface area (Å²) in [4.78, 5) is 12.8. The van der Waals surface area contributed by atoms with Crippen molar-refractivity contribution in [3.8, 4) is 11.6 Å². The maximum atomic E-state index is 5.78. The van der Waals surface area contributed by atoms with E-state index in [9.17, 15) is 0 Å². The molecular weight excluding hydrogens is 499 g/mol. The topological polar surface area (TPSA) is 107 Å². The van der Waals surface area contributed by atoms with Crippen LogP contribution in [-0.4, -0.2) is 67.6 Å². The molecule has 10 heteroatoms. The Morgan fingerprint density at radius 3 is 2.83 bits per heavy atom. The van der Waals surface area contributed by atoms with Crippen LogP contribution in [0.4, 0.5) is 0 Å². The van der Waals surface area contributed by atoms with Crippen molar-refractivity contribution in [3.63, 3.8) is 0 Å². The Morgan fingerprint density at radius 1 is 1.23 bits per heavy atom. The van der Waals surface area contributed by atoms with Crippen LogP contribution < -0.4 is 10.6 Å². The van der Waals surface area contributed by atoms with Gasteiger partial charge in [0.05, 0.1) is 0 Å². The van der Waals surface area contributed by atoms with Crippen LogP contribution in [0.2, 0.25) is 0 Å². The van der Waals surface area contributed by atoms with Crippen LogP contribution in [0.3, 0.4) is 0 Å². The molecule has 2 N–H and O–H groups in total. The van der Waals surface area contributed by atoms with Crippen molar-refractivity contribution in [2.75, 3.05) is 46.6 Å². The van der Waals surface area contributed by atoms with Gasteiger partial charge in [0.25, 0.3) is 5.89 Å². The van der Waals surface area contributed by atoms with Crippen LogP contribution in [0, 0.1) is 5.92 Å². The van der Waals surface area contributed by atoms with Crippen molar-refractivity contribution in [2.45, 2.75) is 25.7 Å². The Labute approximate surface area is 194 Å². The number of aromatic nitrogens is 3. The van der Waals surface area contributed by atoms with E-state index in [1.807, 2.05) is 18.2 Å². The number of hydrogen-bond donors (Lipinski definition) is 2. The van der Waals surface area contributed by atoms with E-state index in [1.54, 1.807) is 13.2 Å². The van der Waals surface area contributed by atoms with E-state index in [4.69, 9.17) is 14.0 Å². The zero-order valence-corrected chi connectivity index (χ0v) is 19.7. The standard InChI is InChI=1S/C20H30N6O3.HI/c1-21-20(23-10-4-12-28-15-16-7-13-27-14-8-16)24-11-6-18-25-19(29-26-18)17-5-2-3-9-22-17;/h2-3,5,9,16H,4,6-8,10-15H2,1H3,(H2,21,23,24);1H. The fourth-order valence-electron chi connectivity index (χ4n) is 3.01. The van der Waals surface area contributed by atoms with Crippen LogP contribution in [0.15, 0.2) is 33.9 Å². The van der Waals surface area contributed by atoms with E-state index in [-0.39, 0.29) is 24.0 Å². The van der Waals surface area contributed by atoms with E-state index in [0.717, 1.165) is 58.2 Å². The number of pyridine rings is 1. The van der Waals surface area contributed by atoms with Gasteiger partial charge in [0.1, 0.15) is 5.69 Å². The molecule has 1 saturated heterocycles. The molecule has 0 aromatic carbocycles. The van der Waals surface area contributed by atoms with Crippen LogP contribution in [0.25, 0.3) is 11.6 Å². The lowest BCUT2D eigenvalue weighted by atomic mass is 10.0. The van der Waals surface area contributed by atoms with Crippen molar-refractivity contribution in [1.29, 1.82) is 0 Å². The SMILES string of the molecule is CN=C(NCCCOCC1CCOCC1)NCCc1noc(-c2ccccn2)n1.I. The van der Waals surface area contributed by atoms with Crippen molar-refractivity contribution >= 4 is 29.9 Å². The Bertz CT molecular complexity index is 737. The second kappa shape index (κ2) is 14.3. The number of hydrogen-bond acceptors (Lipinski definition) is 7. The van der Waals surface area contributed by atoms with Gasteiger partial charge in [-0.2, -0.15) is 4.98 Å². The highest BCUT2D eigenvalue weighted by Crippen LogP contribution is 2.15. The maximum absolute atomic E-state index is 5.78. The number of ether oxygens (including phenoxy) is 2. The Morgan fingerprint density at radius 2 is 2.07 bits per heavy atom. The fraction of sp³-hybridized carbons (Fsp3) is 0.600. The van der Waals surface area contributed by atoms with E-state index >= 15 is 0 Å². The van der Waals surface area contributed by atoms with Gasteiger partial charge in [-0.3, -0.25) is 9.98 Å². The first-order valence-corrected chi connectivity index (χ1v) is 10.2. The number of halogens is 1. The largest absolute Gasteiger partial charge is 0.381 e. The molecule has 0 spiro atoms. The van der Waals surface area contributed by atoms with E-state index in [0.29, 0.717) is 36.3 Å². The summed E-state index contributed by atoms with van der Waals surface area (Å²) >= 11 is 0. The van der Waals surface area contributed by atoms with E-state index in [1.165, 1.54) is 0 Å². The fourth-order valence-corrected chi connectivity index (χ4v) is 3.01. The van der Waals surface area contributed by atoms with Gasteiger partial charge in [0.15, 0.2) is 11.8 Å². The highest BCUT2D eigenvalue weighted by molar-refractivity contribution is 14.0. The van der Waals surface area contributed by atoms with Gasteiger partial charge in [0.2, 0.25) is 0 Å². The highest BCUT2D eigenvalue weighted by Gasteiger charge is 2.13. The van der Waals surface area contributed by atoms with Crippen LogP contribution in [-0.2, 0) is 15.9 Å². The Hall–Kier alpha value is -1.79. The highest BCUT2D eigenvalue weighted by atomic mass is 127. The minimum absolute atomic E-state index is 0. The molecule has 1 aliphatic heterocycles. The zero-order chi connectivity index (χ0) is 20.2. The molecule has 1 aliphatic rings. The average Bonchev–Trinajstić information content (AvgIpc) is 3.25. The molecule has 0 aliphatic carbocycles. The van der Waals surface area contributed by atoms with Crippen LogP contribution in [0.5, 0.6) is 0 Å². The minimum Gasteiger partial charge on any atom is -0.381 e. The molecule has 3 heterocycles. The normalized spacial score (nSPS) is 14.9. The second-order valence-electron chi connectivity index (χ2n) is 6.89. The van der Waals surface area contributed by atoms with Crippen molar-refractivity contribution in [2.24, 2.45) is 10.9 Å². The number of guanidine groups is 1. The van der Waals surface area contributed by atoms with Crippen LogP contribution in [0.1, 0.15) is 25.1 Å². The lowest BCUT2D eigenvalue weighted by molar-refractivity contribution is 0.0203. The van der Waals surface area contributed by atoms with Gasteiger partial charge < -0.3 is 24.6 Å². The predicted molar refractivity (Wildman–Crippen MR) is 125 cm³/mol. The summed E-state index contributed by atoms with van der Waals surface area (Å²) in [5, 5.41) is 10.5. The number of aliphatic imine (C=N–C) groups is 1. The molecule has 30 heavy (non-hydrogen) atoms. The molecule has 2 aromatic heterocycles. The molecule has 0 saturated carbocycles. The van der Waals surface area contributed by atoms with Crippen LogP contribution >= 0.6 is 24.0 Å². The lowest BCUT2D eigenvalue weighted by Crippen LogP contribution is -2.39. The van der Waals surface area contributed by atoms with Gasteiger partial charge in [-0.05, 0) is 37.3 Å². The summed E-state index contributed by atoms with van der Waals surface area (Å²) in [6.45, 7) is 4.78. The van der Waals surface area contributed by atoms with Gasteiger partial charge in [-0.25, -0.2) is 0 Å². The molecule has 0 unspecified atom stereocenters. The molecule has 0 radical (unpaired) electrons. The van der Waals surface area contributed by atoms with Gasteiger partial charge in [-0.15, -0.1) is 24.0 Å². The smallest absolute Gasteiger partial charge is 0.276 e. The number of nitrogens with one attached hydrogen (secondary N) is 2. The van der Waals surface area contributed by atoms with Crippen molar-refractivity contribution < 1.29 is 14.0 Å². The third kappa shape index (κ3) is 8.52. The molecule has 0 amide bonds. The summed E-state index contributed by atoms with van der Waals surface area (Å²) in [7, 11) is 1.75. The monoisotopic (exact) mass is 530 g/mol.